The van der Waals surface area contributed by atoms with Crippen molar-refractivity contribution in [2.24, 2.45) is 0 Å². The second kappa shape index (κ2) is 15.3. The molecule has 0 radical (unpaired) electrons. The zero-order valence-corrected chi connectivity index (χ0v) is 44.8. The molecule has 364 valence electrons. The molecule has 14 rings (SSSR count). The van der Waals surface area contributed by atoms with Crippen LogP contribution in [-0.2, 0) is 21.7 Å². The summed E-state index contributed by atoms with van der Waals surface area (Å²) < 4.78 is 9.50. The predicted molar refractivity (Wildman–Crippen MR) is 317 cm³/mol. The molecule has 0 amide bonds. The normalized spacial score (nSPS) is 15.6. The monoisotopic (exact) mass is 962 g/mol. The third kappa shape index (κ3) is 6.47. The van der Waals surface area contributed by atoms with Crippen LogP contribution in [0, 0.1) is 6.92 Å². The number of anilines is 5. The van der Waals surface area contributed by atoms with Crippen LogP contribution in [0.4, 0.5) is 28.4 Å². The number of rotatable bonds is 4. The van der Waals surface area contributed by atoms with Gasteiger partial charge in [-0.15, -0.1) is 0 Å². The zero-order chi connectivity index (χ0) is 51.0. The van der Waals surface area contributed by atoms with Crippen molar-refractivity contribution in [3.8, 4) is 16.8 Å². The number of para-hydroxylation sites is 2. The van der Waals surface area contributed by atoms with E-state index in [0.29, 0.717) is 0 Å². The van der Waals surface area contributed by atoms with Gasteiger partial charge in [0, 0.05) is 61.2 Å². The van der Waals surface area contributed by atoms with E-state index in [-0.39, 0.29) is 28.5 Å². The van der Waals surface area contributed by atoms with Crippen molar-refractivity contribution in [3.63, 3.8) is 0 Å². The maximum atomic E-state index is 6.87. The smallest absolute Gasteiger partial charge is 0.333 e. The minimum absolute atomic E-state index is 0.0117. The van der Waals surface area contributed by atoms with E-state index in [2.05, 4.69) is 254 Å². The first-order valence-corrected chi connectivity index (χ1v) is 26.9. The molecule has 4 nitrogen and oxygen atoms in total. The fraction of sp³-hybridized carbons (Fsp3) is 0.246. The summed E-state index contributed by atoms with van der Waals surface area (Å²) in [6.07, 6.45) is 2.32. The zero-order valence-electron chi connectivity index (χ0n) is 44.8. The summed E-state index contributed by atoms with van der Waals surface area (Å²) in [7, 11) is 0. The average Bonchev–Trinajstić information content (AvgIpc) is 3.92. The maximum Gasteiger partial charge on any atom is 0.333 e. The lowest BCUT2D eigenvalue weighted by atomic mass is 9.43. The number of furan rings is 1. The Morgan fingerprint density at radius 1 is 0.527 bits per heavy atom. The number of aromatic nitrogens is 1. The number of aryl methyl sites for hydroxylation is 1. The fourth-order valence-corrected chi connectivity index (χ4v) is 13.4. The molecule has 0 atom stereocenters. The molecule has 0 N–H and O–H groups in total. The van der Waals surface area contributed by atoms with Crippen molar-refractivity contribution in [1.29, 1.82) is 0 Å². The molecule has 4 heterocycles. The molecule has 2 aliphatic heterocycles. The fourth-order valence-electron chi connectivity index (χ4n) is 13.4. The highest BCUT2D eigenvalue weighted by Gasteiger charge is 2.47. The molecule has 0 saturated heterocycles. The van der Waals surface area contributed by atoms with Crippen LogP contribution in [0.3, 0.4) is 0 Å². The lowest BCUT2D eigenvalue weighted by Gasteiger charge is -2.46. The molecule has 0 fully saturated rings. The van der Waals surface area contributed by atoms with Crippen LogP contribution in [0.25, 0.3) is 71.3 Å². The molecular formula is C69H64BN3O. The second-order valence-corrected chi connectivity index (χ2v) is 25.3. The molecule has 3 aliphatic rings. The molecule has 9 aromatic carbocycles. The van der Waals surface area contributed by atoms with E-state index in [1.165, 1.54) is 106 Å². The Balaban J connectivity index is 1.15. The summed E-state index contributed by atoms with van der Waals surface area (Å²) in [6, 6.07) is 62.9. The quantitative estimate of drug-likeness (QED) is 0.164. The first-order valence-electron chi connectivity index (χ1n) is 26.9. The van der Waals surface area contributed by atoms with Crippen molar-refractivity contribution < 1.29 is 4.42 Å². The standard InChI is InChI=1S/C69H64BN3O/c1-41-35-53-54(69(10,11)34-33-68(53,8)9)40-57(41)73-56-31-32-61-63(50-19-14-15-22-60(50)74-61)62(56)52-38-48(71(46-27-23-44(24-28-46)66(2,3)4)47-29-25-45(26-30-47)67(5,6)7)39-59-64(52)70(73)55-21-16-20-49-51-36-42-17-12-13-18-43(42)37-58(51)72(59)65(49)55/h12-32,35-40H,33-34H2,1-11H3. The lowest BCUT2D eigenvalue weighted by molar-refractivity contribution is 0.332. The van der Waals surface area contributed by atoms with Gasteiger partial charge in [0.2, 0.25) is 0 Å². The Labute approximate surface area is 436 Å². The minimum Gasteiger partial charge on any atom is -0.456 e. The van der Waals surface area contributed by atoms with E-state index >= 15 is 0 Å². The Hall–Kier alpha value is -7.50. The van der Waals surface area contributed by atoms with Gasteiger partial charge in [0.25, 0.3) is 0 Å². The third-order valence-corrected chi connectivity index (χ3v) is 17.6. The summed E-state index contributed by atoms with van der Waals surface area (Å²) in [4.78, 5) is 5.25. The number of nitrogens with zero attached hydrogens (tertiary/aromatic N) is 3. The molecule has 0 saturated carbocycles. The van der Waals surface area contributed by atoms with Gasteiger partial charge in [-0.3, -0.25) is 0 Å². The van der Waals surface area contributed by atoms with Crippen LogP contribution in [0.5, 0.6) is 0 Å². The largest absolute Gasteiger partial charge is 0.456 e. The number of benzene rings is 9. The Bertz CT molecular complexity index is 4120. The van der Waals surface area contributed by atoms with Crippen molar-refractivity contribution in [1.82, 2.24) is 4.57 Å². The van der Waals surface area contributed by atoms with Gasteiger partial charge in [-0.05, 0) is 169 Å². The SMILES string of the molecule is Cc1cc2c(cc1N1B3c4c(cc(N(c5ccc(C(C)(C)C)cc5)c5ccc(C(C)(C)C)cc5)cc4-n4c5cc6ccccc6cc5c5cccc3c54)-c3c1ccc1oc4ccccc4c31)C(C)(C)CCC2(C)C. The van der Waals surface area contributed by atoms with Gasteiger partial charge in [0.15, 0.2) is 0 Å². The first kappa shape index (κ1) is 45.1. The number of hydrogen-bond donors (Lipinski definition) is 0. The van der Waals surface area contributed by atoms with Crippen LogP contribution < -0.4 is 20.6 Å². The van der Waals surface area contributed by atoms with E-state index in [1.54, 1.807) is 0 Å². The van der Waals surface area contributed by atoms with Gasteiger partial charge < -0.3 is 18.7 Å². The predicted octanol–water partition coefficient (Wildman–Crippen LogP) is 17.8. The van der Waals surface area contributed by atoms with E-state index < -0.39 is 0 Å². The van der Waals surface area contributed by atoms with Gasteiger partial charge in [0.1, 0.15) is 11.2 Å². The third-order valence-electron chi connectivity index (χ3n) is 17.6. The number of fused-ring (bicyclic) bond motifs is 13. The van der Waals surface area contributed by atoms with Gasteiger partial charge >= 0.3 is 6.85 Å². The summed E-state index contributed by atoms with van der Waals surface area (Å²) in [5.74, 6) is 0. The van der Waals surface area contributed by atoms with Crippen LogP contribution in [0.15, 0.2) is 168 Å². The van der Waals surface area contributed by atoms with Crippen LogP contribution in [0.2, 0.25) is 0 Å². The van der Waals surface area contributed by atoms with Crippen LogP contribution >= 0.6 is 0 Å². The van der Waals surface area contributed by atoms with Gasteiger partial charge in [0.05, 0.1) is 11.0 Å². The maximum absolute atomic E-state index is 6.87. The molecule has 5 heteroatoms. The van der Waals surface area contributed by atoms with Crippen molar-refractivity contribution in [2.45, 2.75) is 111 Å². The first-order chi connectivity index (χ1) is 35.4. The van der Waals surface area contributed by atoms with E-state index in [9.17, 15) is 0 Å². The molecule has 2 aromatic heterocycles. The molecule has 11 aromatic rings. The summed E-state index contributed by atoms with van der Waals surface area (Å²) in [6.45, 7) is 25.8. The summed E-state index contributed by atoms with van der Waals surface area (Å²) in [5.41, 5.74) is 23.4. The van der Waals surface area contributed by atoms with Crippen molar-refractivity contribution in [3.05, 3.63) is 192 Å². The topological polar surface area (TPSA) is 24.6 Å². The Morgan fingerprint density at radius 3 is 1.80 bits per heavy atom. The van der Waals surface area contributed by atoms with E-state index in [0.717, 1.165) is 45.4 Å². The summed E-state index contributed by atoms with van der Waals surface area (Å²) in [5, 5.41) is 7.32. The average molecular weight is 962 g/mol. The van der Waals surface area contributed by atoms with Gasteiger partial charge in [-0.25, -0.2) is 0 Å². The minimum atomic E-state index is -0.144. The molecule has 0 bridgehead atoms. The van der Waals surface area contributed by atoms with Gasteiger partial charge in [-0.2, -0.15) is 0 Å². The highest BCUT2D eigenvalue weighted by molar-refractivity contribution is 6.93. The molecule has 0 spiro atoms. The highest BCUT2D eigenvalue weighted by atomic mass is 16.3. The Kier molecular flexibility index (Phi) is 9.33. The van der Waals surface area contributed by atoms with Gasteiger partial charge in [-0.1, -0.05) is 160 Å². The molecule has 1 aliphatic carbocycles. The highest BCUT2D eigenvalue weighted by Crippen LogP contribution is 2.54. The molecular weight excluding hydrogens is 898 g/mol. The summed E-state index contributed by atoms with van der Waals surface area (Å²) >= 11 is 0. The molecule has 74 heavy (non-hydrogen) atoms. The second-order valence-electron chi connectivity index (χ2n) is 25.3. The lowest BCUT2D eigenvalue weighted by Crippen LogP contribution is -2.60. The molecule has 0 unspecified atom stereocenters. The van der Waals surface area contributed by atoms with Crippen molar-refractivity contribution >= 4 is 101 Å². The van der Waals surface area contributed by atoms with Crippen LogP contribution in [0.1, 0.15) is 110 Å². The van der Waals surface area contributed by atoms with Crippen molar-refractivity contribution in [2.75, 3.05) is 9.71 Å². The number of hydrogen-bond acceptors (Lipinski definition) is 3. The van der Waals surface area contributed by atoms with E-state index in [1.807, 2.05) is 0 Å². The Morgan fingerprint density at radius 2 is 1.14 bits per heavy atom. The van der Waals surface area contributed by atoms with E-state index in [4.69, 9.17) is 4.42 Å². The van der Waals surface area contributed by atoms with Crippen LogP contribution in [-0.4, -0.2) is 11.4 Å².